The Labute approximate surface area is 117 Å². The molecule has 0 radical (unpaired) electrons. The predicted molar refractivity (Wildman–Crippen MR) is 77.5 cm³/mol. The zero-order chi connectivity index (χ0) is 12.3. The van der Waals surface area contributed by atoms with Crippen LogP contribution in [0.5, 0.6) is 0 Å². The van der Waals surface area contributed by atoms with E-state index in [1.54, 1.807) is 0 Å². The molecule has 1 aromatic rings. The van der Waals surface area contributed by atoms with E-state index in [0.717, 1.165) is 28.6 Å². The number of benzene rings is 1. The highest BCUT2D eigenvalue weighted by Gasteiger charge is 2.21. The second-order valence-electron chi connectivity index (χ2n) is 4.74. The molecule has 1 aliphatic carbocycles. The van der Waals surface area contributed by atoms with Crippen molar-refractivity contribution in [3.63, 3.8) is 0 Å². The molecule has 0 aromatic heterocycles. The lowest BCUT2D eigenvalue weighted by Gasteiger charge is -2.27. The van der Waals surface area contributed by atoms with Crippen molar-refractivity contribution in [3.8, 4) is 0 Å². The van der Waals surface area contributed by atoms with E-state index < -0.39 is 0 Å². The Balaban J connectivity index is 2.06. The molecular weight excluding hydrogens is 298 g/mol. The Morgan fingerprint density at radius 2 is 2.06 bits per heavy atom. The first-order valence-electron chi connectivity index (χ1n) is 6.38. The summed E-state index contributed by atoms with van der Waals surface area (Å²) in [5, 5.41) is 0.871. The monoisotopic (exact) mass is 315 g/mol. The first-order valence-corrected chi connectivity index (χ1v) is 7.55. The molecule has 0 atom stereocenters. The molecule has 0 unspecified atom stereocenters. The number of rotatable bonds is 4. The molecule has 0 spiro atoms. The third-order valence-corrected chi connectivity index (χ3v) is 4.48. The maximum absolute atomic E-state index is 6.28. The van der Waals surface area contributed by atoms with Gasteiger partial charge in [0, 0.05) is 22.1 Å². The molecule has 0 bridgehead atoms. The minimum atomic E-state index is 0.764. The molecule has 1 fully saturated rings. The molecule has 0 heterocycles. The van der Waals surface area contributed by atoms with E-state index in [9.17, 15) is 0 Å². The lowest BCUT2D eigenvalue weighted by atomic mass is 10.1. The Morgan fingerprint density at radius 3 is 2.65 bits per heavy atom. The van der Waals surface area contributed by atoms with Gasteiger partial charge in [0.15, 0.2) is 0 Å². The van der Waals surface area contributed by atoms with E-state index in [1.165, 1.54) is 31.2 Å². The quantitative estimate of drug-likeness (QED) is 0.766. The van der Waals surface area contributed by atoms with E-state index in [2.05, 4.69) is 39.9 Å². The van der Waals surface area contributed by atoms with Gasteiger partial charge in [-0.3, -0.25) is 4.90 Å². The van der Waals surface area contributed by atoms with Crippen molar-refractivity contribution >= 4 is 27.5 Å². The summed E-state index contributed by atoms with van der Waals surface area (Å²) in [6.45, 7) is 4.33. The average Bonchev–Trinajstić information content (AvgIpc) is 2.81. The fourth-order valence-electron chi connectivity index (χ4n) is 2.64. The highest BCUT2D eigenvalue weighted by molar-refractivity contribution is 9.10. The van der Waals surface area contributed by atoms with Crippen molar-refractivity contribution in [1.29, 1.82) is 0 Å². The number of halogens is 2. The van der Waals surface area contributed by atoms with E-state index in [-0.39, 0.29) is 0 Å². The summed E-state index contributed by atoms with van der Waals surface area (Å²) in [5.74, 6) is 0. The molecule has 0 saturated heterocycles. The van der Waals surface area contributed by atoms with Gasteiger partial charge in [-0.05, 0) is 37.1 Å². The minimum absolute atomic E-state index is 0.764. The Bertz CT molecular complexity index is 374. The summed E-state index contributed by atoms with van der Waals surface area (Å²) < 4.78 is 1.05. The zero-order valence-electron chi connectivity index (χ0n) is 10.3. The van der Waals surface area contributed by atoms with Crippen molar-refractivity contribution in [3.05, 3.63) is 33.3 Å². The molecule has 0 N–H and O–H groups in total. The van der Waals surface area contributed by atoms with Gasteiger partial charge in [-0.2, -0.15) is 0 Å². The predicted octanol–water partition coefficient (Wildman–Crippen LogP) is 4.87. The van der Waals surface area contributed by atoms with Crippen molar-refractivity contribution < 1.29 is 0 Å². The fraction of sp³-hybridized carbons (Fsp3) is 0.571. The second kappa shape index (κ2) is 6.21. The Hall–Kier alpha value is -0.0500. The van der Waals surface area contributed by atoms with Crippen molar-refractivity contribution in [1.82, 2.24) is 4.90 Å². The van der Waals surface area contributed by atoms with E-state index in [1.807, 2.05) is 6.07 Å². The molecule has 2 rings (SSSR count). The lowest BCUT2D eigenvalue weighted by Crippen LogP contribution is -2.32. The zero-order valence-corrected chi connectivity index (χ0v) is 12.6. The Kier molecular flexibility index (Phi) is 4.89. The third-order valence-electron chi connectivity index (χ3n) is 3.64. The van der Waals surface area contributed by atoms with Crippen LogP contribution in [0, 0.1) is 0 Å². The van der Waals surface area contributed by atoms with Gasteiger partial charge in [-0.25, -0.2) is 0 Å². The van der Waals surface area contributed by atoms with Crippen LogP contribution in [0.2, 0.25) is 5.02 Å². The number of hydrogen-bond donors (Lipinski definition) is 0. The van der Waals surface area contributed by atoms with Crippen LogP contribution in [0.1, 0.15) is 38.2 Å². The largest absolute Gasteiger partial charge is 0.296 e. The normalized spacial score (nSPS) is 16.9. The first-order chi connectivity index (χ1) is 8.20. The highest BCUT2D eigenvalue weighted by Crippen LogP contribution is 2.27. The lowest BCUT2D eigenvalue weighted by molar-refractivity contribution is 0.200. The van der Waals surface area contributed by atoms with Gasteiger partial charge >= 0.3 is 0 Å². The fourth-order valence-corrected chi connectivity index (χ4v) is 3.37. The summed E-state index contributed by atoms with van der Waals surface area (Å²) in [5.41, 5.74) is 1.24. The van der Waals surface area contributed by atoms with Gasteiger partial charge in [-0.15, -0.1) is 0 Å². The standard InChI is InChI=1S/C14H19BrClN/c1-2-17(13-5-3-4-6-13)10-11-7-8-12(15)9-14(11)16/h7-9,13H,2-6,10H2,1H3. The molecule has 1 saturated carbocycles. The molecule has 0 amide bonds. The molecule has 1 aromatic carbocycles. The van der Waals surface area contributed by atoms with Crippen LogP contribution in [0.3, 0.4) is 0 Å². The van der Waals surface area contributed by atoms with Gasteiger partial charge < -0.3 is 0 Å². The van der Waals surface area contributed by atoms with Crippen molar-refractivity contribution in [2.75, 3.05) is 6.54 Å². The smallest absolute Gasteiger partial charge is 0.0462 e. The van der Waals surface area contributed by atoms with E-state index in [4.69, 9.17) is 11.6 Å². The second-order valence-corrected chi connectivity index (χ2v) is 6.06. The van der Waals surface area contributed by atoms with Gasteiger partial charge in [-0.1, -0.05) is 53.4 Å². The summed E-state index contributed by atoms with van der Waals surface area (Å²) in [6.07, 6.45) is 5.47. The van der Waals surface area contributed by atoms with Gasteiger partial charge in [0.05, 0.1) is 0 Å². The SMILES string of the molecule is CCN(Cc1ccc(Br)cc1Cl)C1CCCC1. The minimum Gasteiger partial charge on any atom is -0.296 e. The van der Waals surface area contributed by atoms with E-state index >= 15 is 0 Å². The summed E-state index contributed by atoms with van der Waals surface area (Å²) in [6, 6.07) is 6.95. The van der Waals surface area contributed by atoms with Gasteiger partial charge in [0.25, 0.3) is 0 Å². The van der Waals surface area contributed by atoms with Crippen LogP contribution in [0.4, 0.5) is 0 Å². The molecular formula is C14H19BrClN. The average molecular weight is 317 g/mol. The topological polar surface area (TPSA) is 3.24 Å². The van der Waals surface area contributed by atoms with Crippen molar-refractivity contribution in [2.45, 2.75) is 45.2 Å². The van der Waals surface area contributed by atoms with Crippen LogP contribution in [0.25, 0.3) is 0 Å². The third kappa shape index (κ3) is 3.46. The van der Waals surface area contributed by atoms with Crippen LogP contribution < -0.4 is 0 Å². The van der Waals surface area contributed by atoms with Crippen LogP contribution in [-0.4, -0.2) is 17.5 Å². The maximum atomic E-state index is 6.28. The molecule has 17 heavy (non-hydrogen) atoms. The maximum Gasteiger partial charge on any atom is 0.0462 e. The number of nitrogens with zero attached hydrogens (tertiary/aromatic N) is 1. The molecule has 94 valence electrons. The summed E-state index contributed by atoms with van der Waals surface area (Å²) in [4.78, 5) is 2.56. The highest BCUT2D eigenvalue weighted by atomic mass is 79.9. The molecule has 0 aliphatic heterocycles. The van der Waals surface area contributed by atoms with Crippen molar-refractivity contribution in [2.24, 2.45) is 0 Å². The van der Waals surface area contributed by atoms with E-state index in [0.29, 0.717) is 0 Å². The molecule has 1 aliphatic rings. The van der Waals surface area contributed by atoms with Gasteiger partial charge in [0.2, 0.25) is 0 Å². The molecule has 3 heteroatoms. The summed E-state index contributed by atoms with van der Waals surface area (Å²) >= 11 is 9.73. The van der Waals surface area contributed by atoms with Gasteiger partial charge in [0.1, 0.15) is 0 Å². The van der Waals surface area contributed by atoms with Crippen LogP contribution in [-0.2, 0) is 6.54 Å². The number of hydrogen-bond acceptors (Lipinski definition) is 1. The first kappa shape index (κ1) is 13.4. The van der Waals surface area contributed by atoms with Crippen LogP contribution >= 0.6 is 27.5 Å². The Morgan fingerprint density at radius 1 is 1.35 bits per heavy atom. The van der Waals surface area contributed by atoms with Crippen LogP contribution in [0.15, 0.2) is 22.7 Å². The summed E-state index contributed by atoms with van der Waals surface area (Å²) in [7, 11) is 0. The molecule has 1 nitrogen and oxygen atoms in total.